The van der Waals surface area contributed by atoms with Gasteiger partial charge < -0.3 is 11.5 Å². The maximum absolute atomic E-state index is 5.17. The van der Waals surface area contributed by atoms with Crippen LogP contribution < -0.4 is 11.5 Å². The molecule has 40 valence electrons. The fourth-order valence-electron chi connectivity index (χ4n) is 0. The standard InChI is InChI=1S/C3H10N2.ClH/c1-3(5)2-4;/h3H,2,4-5H2,1H3;1H/t3-;/m1./s1. The third-order valence-electron chi connectivity index (χ3n) is 0.372. The molecule has 4 N–H and O–H groups in total. The third-order valence-corrected chi connectivity index (χ3v) is 0.372. The Morgan fingerprint density at radius 1 is 1.67 bits per heavy atom. The van der Waals surface area contributed by atoms with E-state index in [0.717, 1.165) is 0 Å². The lowest BCUT2D eigenvalue weighted by Crippen LogP contribution is -2.25. The highest BCUT2D eigenvalue weighted by Gasteiger charge is 1.79. The van der Waals surface area contributed by atoms with Gasteiger partial charge in [0.25, 0.3) is 0 Å². The van der Waals surface area contributed by atoms with Crippen LogP contribution in [-0.4, -0.2) is 12.6 Å². The molecule has 1 atom stereocenters. The fraction of sp³-hybridized carbons (Fsp3) is 1.00. The first-order valence-corrected chi connectivity index (χ1v) is 1.73. The lowest BCUT2D eigenvalue weighted by molar-refractivity contribution is 0.752. The van der Waals surface area contributed by atoms with Crippen LogP contribution >= 0.6 is 12.4 Å². The van der Waals surface area contributed by atoms with Crippen molar-refractivity contribution in [2.75, 3.05) is 6.54 Å². The Labute approximate surface area is 44.3 Å². The SMILES string of the molecule is C[C@@H](N)CN.Cl. The van der Waals surface area contributed by atoms with Crippen LogP contribution in [0.25, 0.3) is 0 Å². The maximum Gasteiger partial charge on any atom is 0.0134 e. The van der Waals surface area contributed by atoms with E-state index in [0.29, 0.717) is 6.54 Å². The van der Waals surface area contributed by atoms with Crippen molar-refractivity contribution in [1.82, 2.24) is 0 Å². The van der Waals surface area contributed by atoms with Gasteiger partial charge in [-0.1, -0.05) is 0 Å². The van der Waals surface area contributed by atoms with Gasteiger partial charge in [0.1, 0.15) is 0 Å². The molecule has 0 unspecified atom stereocenters. The molecule has 0 fully saturated rings. The van der Waals surface area contributed by atoms with E-state index in [4.69, 9.17) is 11.5 Å². The first-order valence-electron chi connectivity index (χ1n) is 1.73. The summed E-state index contributed by atoms with van der Waals surface area (Å²) in [5.74, 6) is 0. The summed E-state index contributed by atoms with van der Waals surface area (Å²) in [4.78, 5) is 0. The summed E-state index contributed by atoms with van der Waals surface area (Å²) in [6, 6.07) is 0.162. The molecular formula is C3H11ClN2. The predicted octanol–water partition coefficient (Wildman–Crippen LogP) is -0.286. The van der Waals surface area contributed by atoms with Crippen LogP contribution in [-0.2, 0) is 0 Å². The Bertz CT molecular complexity index is 22.8. The quantitative estimate of drug-likeness (QED) is 0.488. The smallest absolute Gasteiger partial charge is 0.0134 e. The van der Waals surface area contributed by atoms with E-state index in [1.54, 1.807) is 0 Å². The summed E-state index contributed by atoms with van der Waals surface area (Å²) >= 11 is 0. The Morgan fingerprint density at radius 3 is 1.83 bits per heavy atom. The van der Waals surface area contributed by atoms with Gasteiger partial charge in [-0.2, -0.15) is 0 Å². The van der Waals surface area contributed by atoms with E-state index < -0.39 is 0 Å². The molecule has 0 radical (unpaired) electrons. The molecule has 0 rings (SSSR count). The van der Waals surface area contributed by atoms with Gasteiger partial charge in [0.15, 0.2) is 0 Å². The molecule has 0 aliphatic heterocycles. The molecule has 0 aromatic rings. The summed E-state index contributed by atoms with van der Waals surface area (Å²) in [6.07, 6.45) is 0. The van der Waals surface area contributed by atoms with Crippen molar-refractivity contribution < 1.29 is 0 Å². The highest BCUT2D eigenvalue weighted by molar-refractivity contribution is 5.85. The van der Waals surface area contributed by atoms with Crippen molar-refractivity contribution in [2.45, 2.75) is 13.0 Å². The zero-order chi connectivity index (χ0) is 4.28. The van der Waals surface area contributed by atoms with E-state index in [1.165, 1.54) is 0 Å². The van der Waals surface area contributed by atoms with Crippen LogP contribution in [0.3, 0.4) is 0 Å². The van der Waals surface area contributed by atoms with Crippen molar-refractivity contribution in [3.63, 3.8) is 0 Å². The molecule has 0 spiro atoms. The Kier molecular flexibility index (Phi) is 8.26. The number of nitrogens with two attached hydrogens (primary N) is 2. The minimum Gasteiger partial charge on any atom is -0.329 e. The highest BCUT2D eigenvalue weighted by Crippen LogP contribution is 1.59. The molecule has 0 aromatic heterocycles. The summed E-state index contributed by atoms with van der Waals surface area (Å²) in [5, 5.41) is 0. The Hall–Kier alpha value is 0.210. The second-order valence-electron chi connectivity index (χ2n) is 1.21. The molecule has 0 saturated carbocycles. The van der Waals surface area contributed by atoms with Crippen LogP contribution in [0.1, 0.15) is 6.92 Å². The zero-order valence-electron chi connectivity index (χ0n) is 3.85. The molecule has 0 heterocycles. The molecule has 0 saturated heterocycles. The number of hydrogen-bond donors (Lipinski definition) is 2. The Balaban J connectivity index is 0. The van der Waals surface area contributed by atoms with Crippen LogP contribution in [0.5, 0.6) is 0 Å². The highest BCUT2D eigenvalue weighted by atomic mass is 35.5. The van der Waals surface area contributed by atoms with Crippen molar-refractivity contribution in [3.8, 4) is 0 Å². The van der Waals surface area contributed by atoms with Gasteiger partial charge in [-0.05, 0) is 6.92 Å². The molecule has 0 bridgehead atoms. The largest absolute Gasteiger partial charge is 0.329 e. The van der Waals surface area contributed by atoms with E-state index in [2.05, 4.69) is 0 Å². The predicted molar refractivity (Wildman–Crippen MR) is 30.0 cm³/mol. The van der Waals surface area contributed by atoms with Crippen molar-refractivity contribution in [3.05, 3.63) is 0 Å². The summed E-state index contributed by atoms with van der Waals surface area (Å²) < 4.78 is 0. The van der Waals surface area contributed by atoms with Gasteiger partial charge in [-0.3, -0.25) is 0 Å². The van der Waals surface area contributed by atoms with Crippen LogP contribution in [0.4, 0.5) is 0 Å². The zero-order valence-corrected chi connectivity index (χ0v) is 4.66. The second-order valence-corrected chi connectivity index (χ2v) is 1.21. The molecule has 0 amide bonds. The van der Waals surface area contributed by atoms with Gasteiger partial charge in [-0.15, -0.1) is 12.4 Å². The summed E-state index contributed by atoms with van der Waals surface area (Å²) in [6.45, 7) is 2.46. The lowest BCUT2D eigenvalue weighted by Gasteiger charge is -1.92. The minimum absolute atomic E-state index is 0. The molecule has 6 heavy (non-hydrogen) atoms. The number of halogens is 1. The lowest BCUT2D eigenvalue weighted by atomic mass is 10.4. The average molecular weight is 111 g/mol. The van der Waals surface area contributed by atoms with Gasteiger partial charge in [-0.25, -0.2) is 0 Å². The molecule has 2 nitrogen and oxygen atoms in total. The number of hydrogen-bond acceptors (Lipinski definition) is 2. The van der Waals surface area contributed by atoms with Crippen molar-refractivity contribution in [2.24, 2.45) is 11.5 Å². The van der Waals surface area contributed by atoms with E-state index in [1.807, 2.05) is 6.92 Å². The van der Waals surface area contributed by atoms with Gasteiger partial charge in [0, 0.05) is 12.6 Å². The van der Waals surface area contributed by atoms with Crippen molar-refractivity contribution in [1.29, 1.82) is 0 Å². The summed E-state index contributed by atoms with van der Waals surface area (Å²) in [7, 11) is 0. The molecule has 3 heteroatoms. The second kappa shape index (κ2) is 5.21. The van der Waals surface area contributed by atoms with Gasteiger partial charge >= 0.3 is 0 Å². The van der Waals surface area contributed by atoms with Crippen LogP contribution in [0.15, 0.2) is 0 Å². The van der Waals surface area contributed by atoms with E-state index in [-0.39, 0.29) is 18.4 Å². The van der Waals surface area contributed by atoms with Crippen LogP contribution in [0.2, 0.25) is 0 Å². The first-order chi connectivity index (χ1) is 2.27. The average Bonchev–Trinajstić information content (AvgIpc) is 1.38. The topological polar surface area (TPSA) is 52.0 Å². The van der Waals surface area contributed by atoms with Crippen LogP contribution in [0, 0.1) is 0 Å². The monoisotopic (exact) mass is 110 g/mol. The molecule has 0 aliphatic carbocycles. The molecular weight excluding hydrogens is 99.5 g/mol. The normalized spacial score (nSPS) is 12.5. The maximum atomic E-state index is 5.17. The third kappa shape index (κ3) is 8.88. The van der Waals surface area contributed by atoms with Crippen molar-refractivity contribution >= 4 is 12.4 Å². The van der Waals surface area contributed by atoms with Gasteiger partial charge in [0.2, 0.25) is 0 Å². The summed E-state index contributed by atoms with van der Waals surface area (Å²) in [5.41, 5.74) is 10.2. The fourth-order valence-corrected chi connectivity index (χ4v) is 0. The molecule has 0 aromatic carbocycles. The van der Waals surface area contributed by atoms with E-state index >= 15 is 0 Å². The first kappa shape index (κ1) is 9.51. The Morgan fingerprint density at radius 2 is 1.83 bits per heavy atom. The number of rotatable bonds is 1. The van der Waals surface area contributed by atoms with E-state index in [9.17, 15) is 0 Å². The molecule has 0 aliphatic rings. The van der Waals surface area contributed by atoms with Gasteiger partial charge in [0.05, 0.1) is 0 Å². The minimum atomic E-state index is 0.